The van der Waals surface area contributed by atoms with E-state index in [-0.39, 0.29) is 17.4 Å². The monoisotopic (exact) mass is 455 g/mol. The van der Waals surface area contributed by atoms with Gasteiger partial charge in [0.05, 0.1) is 17.7 Å². The van der Waals surface area contributed by atoms with Gasteiger partial charge in [0.25, 0.3) is 11.7 Å². The lowest BCUT2D eigenvalue weighted by Gasteiger charge is -2.26. The number of ketones is 1. The number of hydrogen-bond acceptors (Lipinski definition) is 4. The molecule has 1 aliphatic rings. The van der Waals surface area contributed by atoms with Crippen LogP contribution >= 0.6 is 0 Å². The lowest BCUT2D eigenvalue weighted by molar-refractivity contribution is -0.132. The zero-order valence-electron chi connectivity index (χ0n) is 20.1. The number of anilines is 1. The number of aryl methyl sites for hydroxylation is 3. The lowest BCUT2D eigenvalue weighted by atomic mass is 9.94. The van der Waals surface area contributed by atoms with Crippen LogP contribution in [0.3, 0.4) is 0 Å². The van der Waals surface area contributed by atoms with E-state index in [0.29, 0.717) is 22.6 Å². The Hall–Kier alpha value is -3.86. The maximum Gasteiger partial charge on any atom is 0.300 e. The molecule has 3 aromatic rings. The van der Waals surface area contributed by atoms with Gasteiger partial charge in [0.1, 0.15) is 11.5 Å². The molecule has 0 bridgehead atoms. The van der Waals surface area contributed by atoms with Crippen LogP contribution in [0.2, 0.25) is 0 Å². The molecule has 1 atom stereocenters. The molecule has 1 fully saturated rings. The zero-order chi connectivity index (χ0) is 24.6. The van der Waals surface area contributed by atoms with Crippen molar-refractivity contribution in [3.63, 3.8) is 0 Å². The molecule has 1 amide bonds. The quantitative estimate of drug-likeness (QED) is 0.290. The van der Waals surface area contributed by atoms with Crippen LogP contribution in [0, 0.1) is 20.8 Å². The third kappa shape index (κ3) is 4.46. The van der Waals surface area contributed by atoms with Crippen molar-refractivity contribution in [2.75, 3.05) is 4.90 Å². The average molecular weight is 456 g/mol. The fourth-order valence-electron chi connectivity index (χ4n) is 4.40. The molecule has 34 heavy (non-hydrogen) atoms. The summed E-state index contributed by atoms with van der Waals surface area (Å²) in [6.07, 6.45) is -0.0337. The molecule has 1 N–H and O–H groups in total. The molecular weight excluding hydrogens is 426 g/mol. The van der Waals surface area contributed by atoms with Gasteiger partial charge >= 0.3 is 0 Å². The van der Waals surface area contributed by atoms with Crippen molar-refractivity contribution in [2.45, 2.75) is 46.8 Å². The molecule has 1 aliphatic heterocycles. The Bertz CT molecular complexity index is 1270. The fraction of sp³-hybridized carbons (Fsp3) is 0.241. The highest BCUT2D eigenvalue weighted by molar-refractivity contribution is 6.51. The summed E-state index contributed by atoms with van der Waals surface area (Å²) in [6, 6.07) is 19.6. The summed E-state index contributed by atoms with van der Waals surface area (Å²) in [7, 11) is 0. The smallest absolute Gasteiger partial charge is 0.300 e. The van der Waals surface area contributed by atoms with Crippen molar-refractivity contribution in [2.24, 2.45) is 0 Å². The Labute approximate surface area is 200 Å². The minimum Gasteiger partial charge on any atom is -0.507 e. The number of ether oxygens (including phenoxy) is 1. The molecule has 0 aliphatic carbocycles. The number of aliphatic hydroxyl groups excluding tert-OH is 1. The lowest BCUT2D eigenvalue weighted by Crippen LogP contribution is -2.29. The first kappa shape index (κ1) is 23.3. The molecule has 0 spiro atoms. The van der Waals surface area contributed by atoms with E-state index in [1.54, 1.807) is 12.1 Å². The van der Waals surface area contributed by atoms with Crippen molar-refractivity contribution < 1.29 is 19.4 Å². The van der Waals surface area contributed by atoms with E-state index in [4.69, 9.17) is 4.74 Å². The van der Waals surface area contributed by atoms with Crippen molar-refractivity contribution >= 4 is 23.1 Å². The second-order valence-corrected chi connectivity index (χ2v) is 9.12. The van der Waals surface area contributed by atoms with Crippen LogP contribution in [-0.2, 0) is 9.59 Å². The van der Waals surface area contributed by atoms with Crippen molar-refractivity contribution in [1.82, 2.24) is 0 Å². The fourth-order valence-corrected chi connectivity index (χ4v) is 4.40. The molecule has 0 saturated carbocycles. The summed E-state index contributed by atoms with van der Waals surface area (Å²) in [5.41, 5.74) is 4.84. The topological polar surface area (TPSA) is 66.8 Å². The van der Waals surface area contributed by atoms with Crippen LogP contribution in [0.25, 0.3) is 5.76 Å². The molecule has 0 aromatic heterocycles. The van der Waals surface area contributed by atoms with Crippen LogP contribution in [0.15, 0.2) is 72.3 Å². The third-order valence-electron chi connectivity index (χ3n) is 5.80. The number of benzene rings is 3. The van der Waals surface area contributed by atoms with Crippen LogP contribution in [-0.4, -0.2) is 22.9 Å². The van der Waals surface area contributed by atoms with Gasteiger partial charge in [-0.15, -0.1) is 0 Å². The van der Waals surface area contributed by atoms with Crippen LogP contribution in [0.5, 0.6) is 5.75 Å². The predicted molar refractivity (Wildman–Crippen MR) is 134 cm³/mol. The minimum atomic E-state index is -0.793. The van der Waals surface area contributed by atoms with E-state index >= 15 is 0 Å². The first-order valence-corrected chi connectivity index (χ1v) is 11.4. The Morgan fingerprint density at radius 1 is 0.882 bits per heavy atom. The minimum absolute atomic E-state index is 0.0337. The van der Waals surface area contributed by atoms with Gasteiger partial charge in [0, 0.05) is 11.3 Å². The van der Waals surface area contributed by atoms with Gasteiger partial charge in [-0.3, -0.25) is 14.5 Å². The highest BCUT2D eigenvalue weighted by atomic mass is 16.5. The summed E-state index contributed by atoms with van der Waals surface area (Å²) < 4.78 is 5.87. The maximum atomic E-state index is 13.4. The Balaban J connectivity index is 1.95. The highest BCUT2D eigenvalue weighted by Crippen LogP contribution is 2.43. The number of hydrogen-bond donors (Lipinski definition) is 1. The number of amides is 1. The van der Waals surface area contributed by atoms with E-state index in [2.05, 4.69) is 0 Å². The second kappa shape index (κ2) is 9.18. The average Bonchev–Trinajstić information content (AvgIpc) is 3.03. The van der Waals surface area contributed by atoms with Gasteiger partial charge in [-0.25, -0.2) is 0 Å². The normalized spacial score (nSPS) is 17.5. The third-order valence-corrected chi connectivity index (χ3v) is 5.80. The van der Waals surface area contributed by atoms with E-state index in [9.17, 15) is 14.7 Å². The summed E-state index contributed by atoms with van der Waals surface area (Å²) in [6.45, 7) is 9.72. The zero-order valence-corrected chi connectivity index (χ0v) is 20.1. The number of carbonyl (C=O) groups is 2. The molecule has 4 rings (SSSR count). The first-order valence-electron chi connectivity index (χ1n) is 11.4. The molecule has 5 nitrogen and oxygen atoms in total. The molecule has 5 heteroatoms. The van der Waals surface area contributed by atoms with E-state index in [1.807, 2.05) is 89.2 Å². The van der Waals surface area contributed by atoms with E-state index in [0.717, 1.165) is 16.7 Å². The van der Waals surface area contributed by atoms with Gasteiger partial charge in [-0.2, -0.15) is 0 Å². The highest BCUT2D eigenvalue weighted by Gasteiger charge is 2.47. The summed E-state index contributed by atoms with van der Waals surface area (Å²) >= 11 is 0. The largest absolute Gasteiger partial charge is 0.507 e. The molecule has 3 aromatic carbocycles. The first-order chi connectivity index (χ1) is 16.2. The van der Waals surface area contributed by atoms with E-state index < -0.39 is 17.7 Å². The van der Waals surface area contributed by atoms with Crippen molar-refractivity contribution in [1.29, 1.82) is 0 Å². The molecule has 1 unspecified atom stereocenters. The molecule has 0 radical (unpaired) electrons. The van der Waals surface area contributed by atoms with Gasteiger partial charge in [-0.05, 0) is 75.6 Å². The Kier molecular flexibility index (Phi) is 6.29. The number of carbonyl (C=O) groups excluding carboxylic acids is 2. The van der Waals surface area contributed by atoms with Gasteiger partial charge < -0.3 is 9.84 Å². The molecule has 1 heterocycles. The standard InChI is InChI=1S/C29H29NO4/c1-17(2)34-24-8-6-7-22(16-24)26-25(27(31)21-11-9-18(3)10-12-21)28(32)29(33)30(26)23-14-19(4)13-20(5)15-23/h6-17,26,31H,1-5H3/b27-25+. The summed E-state index contributed by atoms with van der Waals surface area (Å²) in [5.74, 6) is -0.935. The van der Waals surface area contributed by atoms with Gasteiger partial charge in [-0.1, -0.05) is 48.0 Å². The van der Waals surface area contributed by atoms with Crippen molar-refractivity contribution in [3.05, 3.63) is 100 Å². The summed E-state index contributed by atoms with van der Waals surface area (Å²) in [4.78, 5) is 28.2. The van der Waals surface area contributed by atoms with Gasteiger partial charge in [0.2, 0.25) is 0 Å². The summed E-state index contributed by atoms with van der Waals surface area (Å²) in [5, 5.41) is 11.3. The van der Waals surface area contributed by atoms with Crippen LogP contribution < -0.4 is 9.64 Å². The number of nitrogens with zero attached hydrogens (tertiary/aromatic N) is 1. The molecule has 174 valence electrons. The van der Waals surface area contributed by atoms with Crippen LogP contribution in [0.1, 0.15) is 47.7 Å². The number of aliphatic hydroxyl groups is 1. The molecule has 1 saturated heterocycles. The Morgan fingerprint density at radius 2 is 1.53 bits per heavy atom. The van der Waals surface area contributed by atoms with E-state index in [1.165, 1.54) is 4.90 Å². The number of rotatable bonds is 5. The predicted octanol–water partition coefficient (Wildman–Crippen LogP) is 6.03. The van der Waals surface area contributed by atoms with Crippen molar-refractivity contribution in [3.8, 4) is 5.75 Å². The maximum absolute atomic E-state index is 13.4. The van der Waals surface area contributed by atoms with Crippen LogP contribution in [0.4, 0.5) is 5.69 Å². The molecular formula is C29H29NO4. The number of Topliss-reactive ketones (excluding diaryl/α,β-unsaturated/α-hetero) is 1. The Morgan fingerprint density at radius 3 is 2.15 bits per heavy atom. The SMILES string of the molecule is Cc1ccc(/C(O)=C2\C(=O)C(=O)N(c3cc(C)cc(C)c3)C2c2cccc(OC(C)C)c2)cc1. The van der Waals surface area contributed by atoms with Gasteiger partial charge in [0.15, 0.2) is 0 Å². The second-order valence-electron chi connectivity index (χ2n) is 9.12.